The van der Waals surface area contributed by atoms with Crippen molar-refractivity contribution in [3.8, 4) is 0 Å². The van der Waals surface area contributed by atoms with Gasteiger partial charge in [0.25, 0.3) is 0 Å². The van der Waals surface area contributed by atoms with Crippen molar-refractivity contribution in [1.29, 1.82) is 0 Å². The third-order valence-electron chi connectivity index (χ3n) is 2.44. The van der Waals surface area contributed by atoms with Crippen molar-refractivity contribution >= 4 is 6.21 Å². The molecule has 1 aliphatic carbocycles. The van der Waals surface area contributed by atoms with Crippen LogP contribution < -0.4 is 0 Å². The number of allylic oxidation sites excluding steroid dienone is 8. The van der Waals surface area contributed by atoms with Crippen molar-refractivity contribution in [1.82, 2.24) is 0 Å². The first-order valence-corrected chi connectivity index (χ1v) is 5.30. The molecule has 1 heteroatoms. The Hall–Kier alpha value is -1.63. The van der Waals surface area contributed by atoms with Gasteiger partial charge in [-0.3, -0.25) is 4.99 Å². The van der Waals surface area contributed by atoms with Crippen molar-refractivity contribution in [2.75, 3.05) is 0 Å². The molecule has 0 aromatic carbocycles. The monoisotopic (exact) mass is 197 g/mol. The van der Waals surface area contributed by atoms with Crippen molar-refractivity contribution in [2.24, 2.45) is 4.99 Å². The molecule has 1 aliphatic heterocycles. The van der Waals surface area contributed by atoms with Crippen molar-refractivity contribution in [3.05, 3.63) is 59.4 Å². The van der Waals surface area contributed by atoms with E-state index in [2.05, 4.69) is 54.4 Å². The molecule has 0 amide bonds. The summed E-state index contributed by atoms with van der Waals surface area (Å²) in [7, 11) is 0. The summed E-state index contributed by atoms with van der Waals surface area (Å²) in [5.41, 5.74) is 3.62. The maximum absolute atomic E-state index is 4.44. The first-order valence-electron chi connectivity index (χ1n) is 5.30. The van der Waals surface area contributed by atoms with Crippen molar-refractivity contribution in [3.63, 3.8) is 0 Å². The fraction of sp³-hybridized carbons (Fsp3) is 0.214. The van der Waals surface area contributed by atoms with E-state index in [-0.39, 0.29) is 0 Å². The highest BCUT2D eigenvalue weighted by Gasteiger charge is 2.01. The van der Waals surface area contributed by atoms with Crippen LogP contribution in [0, 0.1) is 0 Å². The molecule has 0 fully saturated rings. The van der Waals surface area contributed by atoms with E-state index in [0.29, 0.717) is 0 Å². The van der Waals surface area contributed by atoms with Gasteiger partial charge in [0.05, 0.1) is 5.70 Å². The fourth-order valence-electron chi connectivity index (χ4n) is 1.56. The molecule has 15 heavy (non-hydrogen) atoms. The van der Waals surface area contributed by atoms with Gasteiger partial charge in [0.1, 0.15) is 0 Å². The van der Waals surface area contributed by atoms with Gasteiger partial charge in [-0.1, -0.05) is 42.0 Å². The Morgan fingerprint density at radius 1 is 1.13 bits per heavy atom. The standard InChI is InChI=1S/C14H15N/c1-12-6-5-7-13(10-9-12)14-8-3-2-4-11-15-14/h2-3,5,7-11H,4,6H2,1H3. The van der Waals surface area contributed by atoms with E-state index in [1.807, 2.05) is 6.21 Å². The smallest absolute Gasteiger partial charge is 0.0697 e. The number of nitrogens with zero attached hydrogens (tertiary/aromatic N) is 1. The first-order chi connectivity index (χ1) is 7.36. The molecule has 0 unspecified atom stereocenters. The molecule has 76 valence electrons. The summed E-state index contributed by atoms with van der Waals surface area (Å²) in [5, 5.41) is 0. The fourth-order valence-corrected chi connectivity index (χ4v) is 1.56. The second kappa shape index (κ2) is 4.74. The Bertz CT molecular complexity index is 415. The maximum atomic E-state index is 4.44. The Balaban J connectivity index is 2.30. The highest BCUT2D eigenvalue weighted by atomic mass is 14.7. The largest absolute Gasteiger partial charge is 0.260 e. The highest BCUT2D eigenvalue weighted by Crippen LogP contribution is 2.19. The highest BCUT2D eigenvalue weighted by molar-refractivity contribution is 5.64. The SMILES string of the molecule is CC1=CC=C(C2=CC=CCC=N2)C=CC1. The van der Waals surface area contributed by atoms with Gasteiger partial charge < -0.3 is 0 Å². The Morgan fingerprint density at radius 2 is 2.07 bits per heavy atom. The first kappa shape index (κ1) is 9.91. The molecule has 0 bridgehead atoms. The van der Waals surface area contributed by atoms with Crippen LogP contribution in [0.4, 0.5) is 0 Å². The minimum Gasteiger partial charge on any atom is -0.260 e. The van der Waals surface area contributed by atoms with Gasteiger partial charge in [-0.2, -0.15) is 0 Å². The summed E-state index contributed by atoms with van der Waals surface area (Å²) in [5.74, 6) is 0. The van der Waals surface area contributed by atoms with E-state index in [1.54, 1.807) is 0 Å². The lowest BCUT2D eigenvalue weighted by Crippen LogP contribution is -1.82. The Morgan fingerprint density at radius 3 is 3.00 bits per heavy atom. The summed E-state index contributed by atoms with van der Waals surface area (Å²) in [6, 6.07) is 0. The summed E-state index contributed by atoms with van der Waals surface area (Å²) in [6.45, 7) is 2.15. The summed E-state index contributed by atoms with van der Waals surface area (Å²) in [6.07, 6.45) is 18.8. The molecule has 0 saturated carbocycles. The van der Waals surface area contributed by atoms with Gasteiger partial charge in [0.15, 0.2) is 0 Å². The average molecular weight is 197 g/mol. The third-order valence-corrected chi connectivity index (χ3v) is 2.44. The molecular formula is C14H15N. The zero-order chi connectivity index (χ0) is 10.5. The normalized spacial score (nSPS) is 20.2. The minimum absolute atomic E-state index is 0.922. The van der Waals surface area contributed by atoms with E-state index >= 15 is 0 Å². The van der Waals surface area contributed by atoms with Gasteiger partial charge in [-0.15, -0.1) is 0 Å². The molecule has 0 spiro atoms. The number of hydrogen-bond acceptors (Lipinski definition) is 1. The van der Waals surface area contributed by atoms with Crippen molar-refractivity contribution in [2.45, 2.75) is 19.8 Å². The topological polar surface area (TPSA) is 12.4 Å². The van der Waals surface area contributed by atoms with Crippen LogP contribution in [0.15, 0.2) is 64.4 Å². The molecule has 0 aromatic heterocycles. The predicted molar refractivity (Wildman–Crippen MR) is 65.9 cm³/mol. The lowest BCUT2D eigenvalue weighted by Gasteiger charge is -1.99. The quantitative estimate of drug-likeness (QED) is 0.607. The van der Waals surface area contributed by atoms with Gasteiger partial charge in [-0.25, -0.2) is 0 Å². The molecule has 0 atom stereocenters. The maximum Gasteiger partial charge on any atom is 0.0697 e. The van der Waals surface area contributed by atoms with Crippen LogP contribution in [0.5, 0.6) is 0 Å². The van der Waals surface area contributed by atoms with Crippen LogP contribution >= 0.6 is 0 Å². The molecule has 0 N–H and O–H groups in total. The van der Waals surface area contributed by atoms with Crippen LogP contribution in [0.2, 0.25) is 0 Å². The van der Waals surface area contributed by atoms with E-state index in [0.717, 1.165) is 18.5 Å². The zero-order valence-electron chi connectivity index (χ0n) is 8.98. The molecule has 1 heterocycles. The van der Waals surface area contributed by atoms with Crippen LogP contribution in [0.1, 0.15) is 19.8 Å². The van der Waals surface area contributed by atoms with Crippen LogP contribution in [-0.2, 0) is 0 Å². The van der Waals surface area contributed by atoms with Gasteiger partial charge >= 0.3 is 0 Å². The Kier molecular flexibility index (Phi) is 3.13. The van der Waals surface area contributed by atoms with Gasteiger partial charge in [0, 0.05) is 12.6 Å². The lowest BCUT2D eigenvalue weighted by atomic mass is 10.1. The van der Waals surface area contributed by atoms with Crippen LogP contribution in [-0.4, -0.2) is 6.21 Å². The number of hydrogen-bond donors (Lipinski definition) is 0. The van der Waals surface area contributed by atoms with Crippen LogP contribution in [0.3, 0.4) is 0 Å². The third kappa shape index (κ3) is 2.66. The average Bonchev–Trinajstić information content (AvgIpc) is 2.59. The predicted octanol–water partition coefficient (Wildman–Crippen LogP) is 3.73. The molecule has 1 nitrogen and oxygen atoms in total. The van der Waals surface area contributed by atoms with E-state index in [1.165, 1.54) is 11.1 Å². The van der Waals surface area contributed by atoms with Gasteiger partial charge in [0.2, 0.25) is 0 Å². The molecule has 2 aliphatic rings. The molecular weight excluding hydrogens is 182 g/mol. The van der Waals surface area contributed by atoms with E-state index < -0.39 is 0 Å². The van der Waals surface area contributed by atoms with Crippen molar-refractivity contribution < 1.29 is 0 Å². The zero-order valence-corrected chi connectivity index (χ0v) is 8.98. The molecule has 0 radical (unpaired) electrons. The van der Waals surface area contributed by atoms with Crippen LogP contribution in [0.25, 0.3) is 0 Å². The molecule has 0 aromatic rings. The van der Waals surface area contributed by atoms with Gasteiger partial charge in [-0.05, 0) is 25.0 Å². The minimum atomic E-state index is 0.922. The second-order valence-electron chi connectivity index (χ2n) is 3.77. The van der Waals surface area contributed by atoms with E-state index in [9.17, 15) is 0 Å². The molecule has 0 saturated heterocycles. The number of aliphatic imine (C=N–C) groups is 1. The summed E-state index contributed by atoms with van der Waals surface area (Å²) >= 11 is 0. The second-order valence-corrected chi connectivity index (χ2v) is 3.77. The lowest BCUT2D eigenvalue weighted by molar-refractivity contribution is 1.22. The van der Waals surface area contributed by atoms with E-state index in [4.69, 9.17) is 0 Å². The number of rotatable bonds is 1. The Labute approximate surface area is 90.9 Å². The summed E-state index contributed by atoms with van der Waals surface area (Å²) in [4.78, 5) is 4.44. The summed E-state index contributed by atoms with van der Waals surface area (Å²) < 4.78 is 0. The molecule has 2 rings (SSSR count).